The Morgan fingerprint density at radius 3 is 2.81 bits per heavy atom. The Bertz CT molecular complexity index is 532. The molecule has 0 aliphatic rings. The SMILES string of the molecule is O=C(Oc1ccc2ocnc2c1)C(F)(F)F. The van der Waals surface area contributed by atoms with Gasteiger partial charge in [-0.05, 0) is 12.1 Å². The fraction of sp³-hybridized carbons (Fsp3) is 0.111. The number of aromatic nitrogens is 1. The Hall–Kier alpha value is -2.05. The van der Waals surface area contributed by atoms with Gasteiger partial charge in [-0.1, -0.05) is 0 Å². The summed E-state index contributed by atoms with van der Waals surface area (Å²) in [5.41, 5.74) is 0.708. The lowest BCUT2D eigenvalue weighted by atomic mass is 10.3. The fourth-order valence-electron chi connectivity index (χ4n) is 1.07. The second-order valence-corrected chi connectivity index (χ2v) is 2.87. The zero-order valence-corrected chi connectivity index (χ0v) is 7.62. The summed E-state index contributed by atoms with van der Waals surface area (Å²) in [4.78, 5) is 14.2. The molecule has 2 rings (SSSR count). The van der Waals surface area contributed by atoms with E-state index in [1.165, 1.54) is 18.2 Å². The highest BCUT2D eigenvalue weighted by atomic mass is 19.4. The van der Waals surface area contributed by atoms with E-state index < -0.39 is 12.1 Å². The van der Waals surface area contributed by atoms with Gasteiger partial charge in [0.25, 0.3) is 0 Å². The summed E-state index contributed by atoms with van der Waals surface area (Å²) in [7, 11) is 0. The molecule has 0 unspecified atom stereocenters. The molecule has 0 radical (unpaired) electrons. The maximum atomic E-state index is 11.9. The molecule has 0 N–H and O–H groups in total. The number of hydrogen-bond acceptors (Lipinski definition) is 4. The molecule has 0 atom stereocenters. The van der Waals surface area contributed by atoms with E-state index in [0.717, 1.165) is 6.39 Å². The van der Waals surface area contributed by atoms with E-state index in [-0.39, 0.29) is 5.75 Å². The molecule has 0 saturated carbocycles. The van der Waals surface area contributed by atoms with Gasteiger partial charge >= 0.3 is 12.1 Å². The highest BCUT2D eigenvalue weighted by molar-refractivity contribution is 5.80. The molecular formula is C9H4F3NO3. The van der Waals surface area contributed by atoms with Crippen molar-refractivity contribution in [2.45, 2.75) is 6.18 Å². The third-order valence-corrected chi connectivity index (χ3v) is 1.74. The summed E-state index contributed by atoms with van der Waals surface area (Å²) in [6.45, 7) is 0. The number of ether oxygens (including phenoxy) is 1. The lowest BCUT2D eigenvalue weighted by Gasteiger charge is -2.05. The van der Waals surface area contributed by atoms with Crippen molar-refractivity contribution in [2.75, 3.05) is 0 Å². The number of alkyl halides is 3. The number of carbonyl (C=O) groups is 1. The van der Waals surface area contributed by atoms with Crippen LogP contribution in [0.2, 0.25) is 0 Å². The summed E-state index contributed by atoms with van der Waals surface area (Å²) in [5, 5.41) is 0. The zero-order valence-electron chi connectivity index (χ0n) is 7.62. The van der Waals surface area contributed by atoms with Crippen LogP contribution < -0.4 is 4.74 Å². The number of hydrogen-bond donors (Lipinski definition) is 0. The predicted octanol–water partition coefficient (Wildman–Crippen LogP) is 2.30. The maximum absolute atomic E-state index is 11.9. The van der Waals surface area contributed by atoms with Crippen molar-refractivity contribution < 1.29 is 27.1 Å². The molecule has 0 saturated heterocycles. The number of oxazole rings is 1. The van der Waals surface area contributed by atoms with Crippen LogP contribution in [-0.4, -0.2) is 17.1 Å². The molecule has 0 aliphatic heterocycles. The average Bonchev–Trinajstić information content (AvgIpc) is 2.63. The first-order valence-corrected chi connectivity index (χ1v) is 4.09. The minimum atomic E-state index is -5.02. The van der Waals surface area contributed by atoms with Gasteiger partial charge in [-0.2, -0.15) is 13.2 Å². The van der Waals surface area contributed by atoms with Crippen molar-refractivity contribution in [3.8, 4) is 5.75 Å². The average molecular weight is 231 g/mol. The van der Waals surface area contributed by atoms with Crippen LogP contribution in [0.5, 0.6) is 5.75 Å². The van der Waals surface area contributed by atoms with Crippen LogP contribution in [0.15, 0.2) is 29.0 Å². The van der Waals surface area contributed by atoms with Gasteiger partial charge in [0, 0.05) is 6.07 Å². The van der Waals surface area contributed by atoms with Crippen molar-refractivity contribution in [3.63, 3.8) is 0 Å². The summed E-state index contributed by atoms with van der Waals surface area (Å²) in [6, 6.07) is 3.74. The Labute approximate surface area is 86.6 Å². The molecule has 1 aromatic carbocycles. The number of nitrogens with zero attached hydrogens (tertiary/aromatic N) is 1. The Morgan fingerprint density at radius 2 is 2.12 bits per heavy atom. The number of benzene rings is 1. The van der Waals surface area contributed by atoms with Gasteiger partial charge in [-0.15, -0.1) is 0 Å². The van der Waals surface area contributed by atoms with Gasteiger partial charge in [0.2, 0.25) is 0 Å². The Kier molecular flexibility index (Phi) is 2.30. The quantitative estimate of drug-likeness (QED) is 0.558. The lowest BCUT2D eigenvalue weighted by Crippen LogP contribution is -2.27. The Balaban J connectivity index is 2.24. The minimum Gasteiger partial charge on any atom is -0.443 e. The molecule has 0 fully saturated rings. The minimum absolute atomic E-state index is 0.233. The predicted molar refractivity (Wildman–Crippen MR) is 45.7 cm³/mol. The fourth-order valence-corrected chi connectivity index (χ4v) is 1.07. The van der Waals surface area contributed by atoms with Gasteiger partial charge in [0.1, 0.15) is 11.3 Å². The summed E-state index contributed by atoms with van der Waals surface area (Å²) >= 11 is 0. The first kappa shape index (κ1) is 10.5. The second-order valence-electron chi connectivity index (χ2n) is 2.87. The number of esters is 1. The van der Waals surface area contributed by atoms with Gasteiger partial charge in [0.05, 0.1) is 0 Å². The second kappa shape index (κ2) is 3.51. The van der Waals surface area contributed by atoms with E-state index in [2.05, 4.69) is 9.72 Å². The highest BCUT2D eigenvalue weighted by Crippen LogP contribution is 2.23. The van der Waals surface area contributed by atoms with Crippen molar-refractivity contribution in [1.82, 2.24) is 4.98 Å². The van der Waals surface area contributed by atoms with E-state index in [1.54, 1.807) is 0 Å². The number of halogens is 3. The van der Waals surface area contributed by atoms with Crippen LogP contribution in [0.4, 0.5) is 13.2 Å². The molecule has 2 aromatic rings. The molecule has 0 amide bonds. The smallest absolute Gasteiger partial charge is 0.443 e. The monoisotopic (exact) mass is 231 g/mol. The van der Waals surface area contributed by atoms with E-state index >= 15 is 0 Å². The van der Waals surface area contributed by atoms with E-state index in [4.69, 9.17) is 4.42 Å². The molecule has 84 valence electrons. The molecule has 0 spiro atoms. The van der Waals surface area contributed by atoms with Crippen LogP contribution in [0, 0.1) is 0 Å². The molecule has 16 heavy (non-hydrogen) atoms. The standard InChI is InChI=1S/C9H4F3NO3/c10-9(11,12)8(14)16-5-1-2-7-6(3-5)13-4-15-7/h1-4H. The van der Waals surface area contributed by atoms with Gasteiger partial charge < -0.3 is 9.15 Å². The lowest BCUT2D eigenvalue weighted by molar-refractivity contribution is -0.189. The summed E-state index contributed by atoms with van der Waals surface area (Å²) in [5.74, 6) is -2.50. The number of carbonyl (C=O) groups excluding carboxylic acids is 1. The molecule has 1 heterocycles. The normalized spacial score (nSPS) is 11.7. The molecule has 7 heteroatoms. The van der Waals surface area contributed by atoms with E-state index in [9.17, 15) is 18.0 Å². The van der Waals surface area contributed by atoms with Crippen LogP contribution >= 0.6 is 0 Å². The summed E-state index contributed by atoms with van der Waals surface area (Å²) in [6.07, 6.45) is -3.88. The first-order chi connectivity index (χ1) is 7.47. The van der Waals surface area contributed by atoms with Gasteiger partial charge in [0.15, 0.2) is 12.0 Å². The van der Waals surface area contributed by atoms with Gasteiger partial charge in [-0.25, -0.2) is 9.78 Å². The number of fused-ring (bicyclic) bond motifs is 1. The van der Waals surface area contributed by atoms with Crippen LogP contribution in [0.1, 0.15) is 0 Å². The van der Waals surface area contributed by atoms with Crippen LogP contribution in [0.25, 0.3) is 11.1 Å². The largest absolute Gasteiger partial charge is 0.491 e. The maximum Gasteiger partial charge on any atom is 0.491 e. The van der Waals surface area contributed by atoms with Crippen molar-refractivity contribution in [2.24, 2.45) is 0 Å². The van der Waals surface area contributed by atoms with Crippen LogP contribution in [-0.2, 0) is 4.79 Å². The number of rotatable bonds is 1. The van der Waals surface area contributed by atoms with Crippen LogP contribution in [0.3, 0.4) is 0 Å². The molecular weight excluding hydrogens is 227 g/mol. The van der Waals surface area contributed by atoms with Crippen molar-refractivity contribution in [1.29, 1.82) is 0 Å². The van der Waals surface area contributed by atoms with Crippen molar-refractivity contribution in [3.05, 3.63) is 24.6 Å². The van der Waals surface area contributed by atoms with E-state index in [1.807, 2.05) is 0 Å². The highest BCUT2D eigenvalue weighted by Gasteiger charge is 2.41. The molecule has 0 aliphatic carbocycles. The van der Waals surface area contributed by atoms with E-state index in [0.29, 0.717) is 11.1 Å². The molecule has 1 aromatic heterocycles. The van der Waals surface area contributed by atoms with Crippen molar-refractivity contribution >= 4 is 17.1 Å². The topological polar surface area (TPSA) is 52.3 Å². The zero-order chi connectivity index (χ0) is 11.8. The third kappa shape index (κ3) is 1.97. The summed E-state index contributed by atoms with van der Waals surface area (Å²) < 4.78 is 44.6. The van der Waals surface area contributed by atoms with Gasteiger partial charge in [-0.3, -0.25) is 0 Å². The molecule has 4 nitrogen and oxygen atoms in total. The Morgan fingerprint density at radius 1 is 1.38 bits per heavy atom. The third-order valence-electron chi connectivity index (χ3n) is 1.74. The molecule has 0 bridgehead atoms. The first-order valence-electron chi connectivity index (χ1n) is 4.09.